The van der Waals surface area contributed by atoms with Crippen LogP contribution in [0.2, 0.25) is 0 Å². The van der Waals surface area contributed by atoms with Gasteiger partial charge in [-0.05, 0) is 43.9 Å². The second-order valence-electron chi connectivity index (χ2n) is 5.45. The molecule has 3 atom stereocenters. The Labute approximate surface area is 125 Å². The van der Waals surface area contributed by atoms with E-state index in [1.165, 1.54) is 12.1 Å². The summed E-state index contributed by atoms with van der Waals surface area (Å²) in [6.45, 7) is 1.96. The number of nitrogens with two attached hydrogens (primary N) is 1. The normalized spacial score (nSPS) is 23.0. The molecule has 0 heterocycles. The first-order valence-corrected chi connectivity index (χ1v) is 6.76. The van der Waals surface area contributed by atoms with Crippen LogP contribution in [0.25, 0.3) is 0 Å². The maximum atomic E-state index is 12.9. The van der Waals surface area contributed by atoms with Crippen molar-refractivity contribution in [1.82, 2.24) is 4.90 Å². The molecule has 1 aromatic carbocycles. The number of carbonyl (C=O) groups is 1. The zero-order chi connectivity index (χ0) is 14.0. The molecule has 1 amide bonds. The Morgan fingerprint density at radius 3 is 2.45 bits per heavy atom. The fourth-order valence-corrected chi connectivity index (χ4v) is 2.68. The molecular weight excluding hydrogens is 279 g/mol. The minimum Gasteiger partial charge on any atom is -0.339 e. The molecule has 1 aromatic rings. The fourth-order valence-electron chi connectivity index (χ4n) is 2.68. The molecule has 0 saturated heterocycles. The highest BCUT2D eigenvalue weighted by molar-refractivity contribution is 5.85. The second-order valence-corrected chi connectivity index (χ2v) is 5.45. The van der Waals surface area contributed by atoms with E-state index >= 15 is 0 Å². The number of hydrogen-bond donors (Lipinski definition) is 1. The predicted molar refractivity (Wildman–Crippen MR) is 80.1 cm³/mol. The summed E-state index contributed by atoms with van der Waals surface area (Å²) in [6, 6.07) is 6.41. The van der Waals surface area contributed by atoms with E-state index in [9.17, 15) is 9.18 Å². The number of carbonyl (C=O) groups excluding carboxylic acids is 1. The van der Waals surface area contributed by atoms with Gasteiger partial charge in [0.1, 0.15) is 5.82 Å². The highest BCUT2D eigenvalue weighted by Gasteiger charge is 2.31. The van der Waals surface area contributed by atoms with Crippen molar-refractivity contribution in [3.8, 4) is 0 Å². The van der Waals surface area contributed by atoms with Crippen LogP contribution < -0.4 is 5.73 Å². The lowest BCUT2D eigenvalue weighted by molar-refractivity contribution is -0.136. The standard InChI is InChI=1S/C15H21FN2O.ClH/c1-10(11-3-6-13(16)7-4-11)18(2)15(19)12-5-8-14(17)9-12;/h3-4,6-7,10,12,14H,5,8-9,17H2,1-2H3;1H. The number of nitrogens with zero attached hydrogens (tertiary/aromatic N) is 1. The van der Waals surface area contributed by atoms with E-state index in [0.29, 0.717) is 0 Å². The van der Waals surface area contributed by atoms with Crippen molar-refractivity contribution in [3.63, 3.8) is 0 Å². The maximum absolute atomic E-state index is 12.9. The zero-order valence-electron chi connectivity index (χ0n) is 11.9. The predicted octanol–water partition coefficient (Wildman–Crippen LogP) is 2.89. The molecule has 112 valence electrons. The Kier molecular flexibility index (Phi) is 5.96. The molecule has 5 heteroatoms. The molecule has 1 aliphatic rings. The van der Waals surface area contributed by atoms with Gasteiger partial charge in [0.05, 0.1) is 6.04 Å². The van der Waals surface area contributed by atoms with E-state index in [4.69, 9.17) is 5.73 Å². The number of benzene rings is 1. The van der Waals surface area contributed by atoms with E-state index in [1.807, 2.05) is 6.92 Å². The summed E-state index contributed by atoms with van der Waals surface area (Å²) >= 11 is 0. The SMILES string of the molecule is CC(c1ccc(F)cc1)N(C)C(=O)C1CCC(N)C1.Cl. The molecule has 0 bridgehead atoms. The molecule has 1 saturated carbocycles. The molecule has 0 spiro atoms. The third-order valence-corrected chi connectivity index (χ3v) is 4.10. The lowest BCUT2D eigenvalue weighted by Crippen LogP contribution is -2.34. The van der Waals surface area contributed by atoms with Gasteiger partial charge < -0.3 is 10.6 Å². The van der Waals surface area contributed by atoms with Crippen molar-refractivity contribution in [3.05, 3.63) is 35.6 Å². The van der Waals surface area contributed by atoms with Crippen molar-refractivity contribution >= 4 is 18.3 Å². The van der Waals surface area contributed by atoms with Crippen LogP contribution in [-0.2, 0) is 4.79 Å². The number of halogens is 2. The monoisotopic (exact) mass is 300 g/mol. The minimum atomic E-state index is -0.258. The summed E-state index contributed by atoms with van der Waals surface area (Å²) in [6.07, 6.45) is 2.58. The minimum absolute atomic E-state index is 0. The third kappa shape index (κ3) is 3.70. The summed E-state index contributed by atoms with van der Waals surface area (Å²) in [7, 11) is 1.81. The molecule has 2 rings (SSSR count). The maximum Gasteiger partial charge on any atom is 0.225 e. The van der Waals surface area contributed by atoms with Gasteiger partial charge in [-0.15, -0.1) is 12.4 Å². The van der Waals surface area contributed by atoms with Gasteiger partial charge in [-0.2, -0.15) is 0 Å². The van der Waals surface area contributed by atoms with Gasteiger partial charge in [-0.1, -0.05) is 12.1 Å². The lowest BCUT2D eigenvalue weighted by Gasteiger charge is -2.28. The van der Waals surface area contributed by atoms with Crippen LogP contribution in [0.1, 0.15) is 37.8 Å². The molecule has 3 unspecified atom stereocenters. The molecular formula is C15H22ClFN2O. The Balaban J connectivity index is 0.00000200. The van der Waals surface area contributed by atoms with E-state index < -0.39 is 0 Å². The molecule has 0 aliphatic heterocycles. The summed E-state index contributed by atoms with van der Waals surface area (Å²) in [4.78, 5) is 14.1. The average Bonchev–Trinajstić information content (AvgIpc) is 2.84. The largest absolute Gasteiger partial charge is 0.339 e. The quantitative estimate of drug-likeness (QED) is 0.933. The van der Waals surface area contributed by atoms with Crippen molar-refractivity contribution in [2.45, 2.75) is 38.3 Å². The molecule has 2 N–H and O–H groups in total. The van der Waals surface area contributed by atoms with Crippen molar-refractivity contribution < 1.29 is 9.18 Å². The summed E-state index contributed by atoms with van der Waals surface area (Å²) < 4.78 is 12.9. The number of rotatable bonds is 3. The van der Waals surface area contributed by atoms with E-state index in [0.717, 1.165) is 24.8 Å². The number of hydrogen-bond acceptors (Lipinski definition) is 2. The van der Waals surface area contributed by atoms with Crippen LogP contribution in [0.3, 0.4) is 0 Å². The first-order valence-electron chi connectivity index (χ1n) is 6.76. The summed E-state index contributed by atoms with van der Waals surface area (Å²) in [5.74, 6) is -0.0700. The Bertz CT molecular complexity index is 452. The topological polar surface area (TPSA) is 46.3 Å². The van der Waals surface area contributed by atoms with Gasteiger partial charge in [-0.3, -0.25) is 4.79 Å². The summed E-state index contributed by atoms with van der Waals surface area (Å²) in [5.41, 5.74) is 6.80. The number of amides is 1. The zero-order valence-corrected chi connectivity index (χ0v) is 12.7. The first kappa shape index (κ1) is 16.9. The van der Waals surface area contributed by atoms with Crippen LogP contribution in [0, 0.1) is 11.7 Å². The molecule has 1 fully saturated rings. The average molecular weight is 301 g/mol. The molecule has 0 aromatic heterocycles. The smallest absolute Gasteiger partial charge is 0.225 e. The van der Waals surface area contributed by atoms with E-state index in [1.54, 1.807) is 24.1 Å². The van der Waals surface area contributed by atoms with Crippen LogP contribution >= 0.6 is 12.4 Å². The van der Waals surface area contributed by atoms with Crippen LogP contribution in [-0.4, -0.2) is 23.9 Å². The van der Waals surface area contributed by atoms with Gasteiger partial charge in [0.2, 0.25) is 5.91 Å². The van der Waals surface area contributed by atoms with E-state index in [-0.39, 0.29) is 42.1 Å². The Morgan fingerprint density at radius 2 is 1.95 bits per heavy atom. The van der Waals surface area contributed by atoms with Crippen LogP contribution in [0.15, 0.2) is 24.3 Å². The third-order valence-electron chi connectivity index (χ3n) is 4.10. The molecule has 20 heavy (non-hydrogen) atoms. The Hall–Kier alpha value is -1.13. The van der Waals surface area contributed by atoms with Crippen molar-refractivity contribution in [2.75, 3.05) is 7.05 Å². The molecule has 3 nitrogen and oxygen atoms in total. The van der Waals surface area contributed by atoms with Crippen molar-refractivity contribution in [2.24, 2.45) is 11.7 Å². The molecule has 0 radical (unpaired) electrons. The van der Waals surface area contributed by atoms with Crippen LogP contribution in [0.5, 0.6) is 0 Å². The molecule has 1 aliphatic carbocycles. The van der Waals surface area contributed by atoms with E-state index in [2.05, 4.69) is 0 Å². The summed E-state index contributed by atoms with van der Waals surface area (Å²) in [5, 5.41) is 0. The van der Waals surface area contributed by atoms with Gasteiger partial charge in [0, 0.05) is 19.0 Å². The second kappa shape index (κ2) is 7.04. The van der Waals surface area contributed by atoms with Gasteiger partial charge in [0.15, 0.2) is 0 Å². The van der Waals surface area contributed by atoms with Gasteiger partial charge in [0.25, 0.3) is 0 Å². The van der Waals surface area contributed by atoms with Gasteiger partial charge in [-0.25, -0.2) is 4.39 Å². The Morgan fingerprint density at radius 1 is 1.35 bits per heavy atom. The highest BCUT2D eigenvalue weighted by atomic mass is 35.5. The van der Waals surface area contributed by atoms with Gasteiger partial charge >= 0.3 is 0 Å². The first-order chi connectivity index (χ1) is 8.99. The van der Waals surface area contributed by atoms with Crippen LogP contribution in [0.4, 0.5) is 4.39 Å². The lowest BCUT2D eigenvalue weighted by atomic mass is 10.0. The van der Waals surface area contributed by atoms with Crippen molar-refractivity contribution in [1.29, 1.82) is 0 Å². The fraction of sp³-hybridized carbons (Fsp3) is 0.533. The highest BCUT2D eigenvalue weighted by Crippen LogP contribution is 2.29.